The average Bonchev–Trinajstić information content (AvgIpc) is 3.41. The minimum Gasteiger partial charge on any atom is -0.396 e. The smallest absolute Gasteiger partial charge is 0.167 e. The first kappa shape index (κ1) is 19.7. The number of piperidine rings is 1. The van der Waals surface area contributed by atoms with Gasteiger partial charge >= 0.3 is 0 Å². The highest BCUT2D eigenvalue weighted by molar-refractivity contribution is 5.91. The van der Waals surface area contributed by atoms with Gasteiger partial charge in [-0.3, -0.25) is 4.57 Å². The largest absolute Gasteiger partial charge is 0.396 e. The van der Waals surface area contributed by atoms with E-state index in [1.54, 1.807) is 12.1 Å². The Labute approximate surface area is 190 Å². The van der Waals surface area contributed by atoms with Gasteiger partial charge in [0.05, 0.1) is 23.3 Å². The summed E-state index contributed by atoms with van der Waals surface area (Å²) in [5.74, 6) is 0.143. The van der Waals surface area contributed by atoms with E-state index in [-0.39, 0.29) is 5.69 Å². The summed E-state index contributed by atoms with van der Waals surface area (Å²) in [6, 6.07) is 10.9. The molecule has 0 bridgehead atoms. The fourth-order valence-electron chi connectivity index (χ4n) is 4.72. The molecular weight excluding hydrogens is 417 g/mol. The molecule has 1 fully saturated rings. The molecule has 0 radical (unpaired) electrons. The normalized spacial score (nSPS) is 14.4. The molecule has 8 heteroatoms. The predicted molar refractivity (Wildman–Crippen MR) is 129 cm³/mol. The molecule has 5 heterocycles. The molecule has 1 aromatic carbocycles. The van der Waals surface area contributed by atoms with Gasteiger partial charge in [0.15, 0.2) is 5.65 Å². The van der Waals surface area contributed by atoms with Crippen molar-refractivity contribution in [2.24, 2.45) is 7.05 Å². The minimum absolute atomic E-state index is 0.112. The molecule has 1 saturated heterocycles. The molecule has 1 aliphatic heterocycles. The highest BCUT2D eigenvalue weighted by atomic mass is 19.1. The van der Waals surface area contributed by atoms with Gasteiger partial charge in [-0.25, -0.2) is 19.3 Å². The summed E-state index contributed by atoms with van der Waals surface area (Å²) >= 11 is 0. The fraction of sp³-hybridized carbons (Fsp3) is 0.240. The van der Waals surface area contributed by atoms with Gasteiger partial charge in [-0.2, -0.15) is 0 Å². The average molecular weight is 442 g/mol. The summed E-state index contributed by atoms with van der Waals surface area (Å²) < 4.78 is 18.4. The standard InChI is InChI=1S/C25H24FN7/c1-31-12-8-17-13-18(15-29-23(17)31)33-24(16-5-6-20(27)19(26)14-16)30-22-21(7-9-28-25(22)33)32-10-3-2-4-11-32/h5-9,12-15H,2-4,10-11,27H2,1H3. The number of nitrogen functional groups attached to an aromatic ring is 1. The highest BCUT2D eigenvalue weighted by Crippen LogP contribution is 2.34. The van der Waals surface area contributed by atoms with Gasteiger partial charge in [-0.05, 0) is 55.7 Å². The van der Waals surface area contributed by atoms with Crippen molar-refractivity contribution in [1.29, 1.82) is 0 Å². The molecule has 5 aromatic rings. The van der Waals surface area contributed by atoms with Crippen molar-refractivity contribution in [3.63, 3.8) is 0 Å². The molecule has 33 heavy (non-hydrogen) atoms. The number of hydrogen-bond donors (Lipinski definition) is 1. The quantitative estimate of drug-likeness (QED) is 0.411. The number of nitrogens with two attached hydrogens (primary N) is 1. The van der Waals surface area contributed by atoms with Gasteiger partial charge < -0.3 is 15.2 Å². The predicted octanol–water partition coefficient (Wildman–Crippen LogP) is 4.69. The van der Waals surface area contributed by atoms with Gasteiger partial charge in [0.2, 0.25) is 0 Å². The van der Waals surface area contributed by atoms with Crippen LogP contribution in [0.5, 0.6) is 0 Å². The SMILES string of the molecule is Cn1ccc2cc(-n3c(-c4ccc(N)c(F)c4)nc4c(N5CCCCC5)ccnc43)cnc21. The van der Waals surface area contributed by atoms with E-state index >= 15 is 0 Å². The number of benzene rings is 1. The lowest BCUT2D eigenvalue weighted by atomic mass is 10.1. The van der Waals surface area contributed by atoms with Crippen LogP contribution >= 0.6 is 0 Å². The topological polar surface area (TPSA) is 77.8 Å². The van der Waals surface area contributed by atoms with Crippen LogP contribution in [0.3, 0.4) is 0 Å². The summed E-state index contributed by atoms with van der Waals surface area (Å²) in [5, 5.41) is 1.01. The molecule has 2 N–H and O–H groups in total. The number of anilines is 2. The molecule has 0 amide bonds. The van der Waals surface area contributed by atoms with Gasteiger partial charge in [-0.1, -0.05) is 0 Å². The van der Waals surface area contributed by atoms with Gasteiger partial charge in [0.1, 0.15) is 22.8 Å². The molecule has 166 valence electrons. The number of rotatable bonds is 3. The summed E-state index contributed by atoms with van der Waals surface area (Å²) in [4.78, 5) is 16.8. The third kappa shape index (κ3) is 3.21. The van der Waals surface area contributed by atoms with Crippen molar-refractivity contribution >= 4 is 33.6 Å². The molecule has 0 saturated carbocycles. The van der Waals surface area contributed by atoms with Crippen LogP contribution in [0.15, 0.2) is 55.0 Å². The monoisotopic (exact) mass is 441 g/mol. The number of pyridine rings is 2. The summed E-state index contributed by atoms with van der Waals surface area (Å²) in [5.41, 5.74) is 10.8. The molecule has 7 nitrogen and oxygen atoms in total. The first-order chi connectivity index (χ1) is 16.1. The van der Waals surface area contributed by atoms with Crippen molar-refractivity contribution in [2.45, 2.75) is 19.3 Å². The van der Waals surface area contributed by atoms with Crippen LogP contribution in [0.4, 0.5) is 15.8 Å². The minimum atomic E-state index is -0.466. The Balaban J connectivity index is 1.63. The number of imidazole rings is 1. The van der Waals surface area contributed by atoms with E-state index in [1.165, 1.54) is 12.5 Å². The van der Waals surface area contributed by atoms with E-state index in [4.69, 9.17) is 15.7 Å². The number of hydrogen-bond acceptors (Lipinski definition) is 5. The Morgan fingerprint density at radius 1 is 0.970 bits per heavy atom. The Morgan fingerprint density at radius 2 is 1.82 bits per heavy atom. The summed E-state index contributed by atoms with van der Waals surface area (Å²) in [6.45, 7) is 1.99. The van der Waals surface area contributed by atoms with Crippen LogP contribution in [0.2, 0.25) is 0 Å². The lowest BCUT2D eigenvalue weighted by Gasteiger charge is -2.28. The first-order valence-electron chi connectivity index (χ1n) is 11.2. The molecule has 6 rings (SSSR count). The second kappa shape index (κ2) is 7.58. The van der Waals surface area contributed by atoms with Crippen LogP contribution in [0, 0.1) is 5.82 Å². The van der Waals surface area contributed by atoms with Gasteiger partial charge in [-0.15, -0.1) is 0 Å². The molecule has 1 aliphatic rings. The number of aryl methyl sites for hydroxylation is 1. The Kier molecular flexibility index (Phi) is 4.53. The van der Waals surface area contributed by atoms with Crippen LogP contribution in [0.25, 0.3) is 39.3 Å². The van der Waals surface area contributed by atoms with Crippen molar-refractivity contribution < 1.29 is 4.39 Å². The van der Waals surface area contributed by atoms with Crippen LogP contribution < -0.4 is 10.6 Å². The molecule has 0 spiro atoms. The maximum atomic E-state index is 14.4. The fourth-order valence-corrected chi connectivity index (χ4v) is 4.72. The molecular formula is C25H24FN7. The first-order valence-corrected chi connectivity index (χ1v) is 11.2. The van der Waals surface area contributed by atoms with E-state index < -0.39 is 5.82 Å². The molecule has 0 aliphatic carbocycles. The lowest BCUT2D eigenvalue weighted by Crippen LogP contribution is -2.29. The Hall–Kier alpha value is -3.94. The number of fused-ring (bicyclic) bond motifs is 2. The maximum absolute atomic E-state index is 14.4. The van der Waals surface area contributed by atoms with E-state index in [1.807, 2.05) is 46.9 Å². The molecule has 0 unspecified atom stereocenters. The molecule has 4 aromatic heterocycles. The lowest BCUT2D eigenvalue weighted by molar-refractivity contribution is 0.578. The Morgan fingerprint density at radius 3 is 2.64 bits per heavy atom. The van der Waals surface area contributed by atoms with E-state index in [9.17, 15) is 4.39 Å². The zero-order chi connectivity index (χ0) is 22.5. The third-order valence-corrected chi connectivity index (χ3v) is 6.43. The van der Waals surface area contributed by atoms with Crippen LogP contribution in [-0.4, -0.2) is 37.2 Å². The summed E-state index contributed by atoms with van der Waals surface area (Å²) in [7, 11) is 1.97. The third-order valence-electron chi connectivity index (χ3n) is 6.43. The van der Waals surface area contributed by atoms with E-state index in [2.05, 4.69) is 16.0 Å². The number of aromatic nitrogens is 5. The maximum Gasteiger partial charge on any atom is 0.167 e. The zero-order valence-electron chi connectivity index (χ0n) is 18.4. The van der Waals surface area contributed by atoms with Crippen molar-refractivity contribution in [1.82, 2.24) is 24.1 Å². The van der Waals surface area contributed by atoms with Gasteiger partial charge in [0, 0.05) is 43.5 Å². The van der Waals surface area contributed by atoms with Crippen LogP contribution in [0.1, 0.15) is 19.3 Å². The highest BCUT2D eigenvalue weighted by Gasteiger charge is 2.22. The zero-order valence-corrected chi connectivity index (χ0v) is 18.4. The number of halogens is 1. The van der Waals surface area contributed by atoms with Crippen molar-refractivity contribution in [2.75, 3.05) is 23.7 Å². The van der Waals surface area contributed by atoms with Gasteiger partial charge in [0.25, 0.3) is 0 Å². The van der Waals surface area contributed by atoms with E-state index in [0.29, 0.717) is 11.4 Å². The van der Waals surface area contributed by atoms with Crippen molar-refractivity contribution in [3.8, 4) is 17.1 Å². The molecule has 0 atom stereocenters. The second-order valence-corrected chi connectivity index (χ2v) is 8.59. The van der Waals surface area contributed by atoms with E-state index in [0.717, 1.165) is 59.5 Å². The second-order valence-electron chi connectivity index (χ2n) is 8.59. The summed E-state index contributed by atoms with van der Waals surface area (Å²) in [6.07, 6.45) is 9.20. The van der Waals surface area contributed by atoms with Crippen LogP contribution in [-0.2, 0) is 7.05 Å². The number of nitrogens with zero attached hydrogens (tertiary/aromatic N) is 6. The van der Waals surface area contributed by atoms with Crippen molar-refractivity contribution in [3.05, 3.63) is 60.8 Å². The Bertz CT molecular complexity index is 1490.